The number of carbonyl (C=O) groups excluding carboxylic acids is 2. The Labute approximate surface area is 159 Å². The number of carbonyl (C=O) groups is 2. The fraction of sp³-hybridized carbons (Fsp3) is 0.273. The number of nitrogens with zero attached hydrogens (tertiary/aromatic N) is 1. The predicted molar refractivity (Wildman–Crippen MR) is 107 cm³/mol. The molecule has 0 spiro atoms. The zero-order chi connectivity index (χ0) is 19.4. The Balaban J connectivity index is 2.08. The van der Waals surface area contributed by atoms with Gasteiger partial charge in [-0.25, -0.2) is 0 Å². The Morgan fingerprint density at radius 3 is 2.30 bits per heavy atom. The van der Waals surface area contributed by atoms with Gasteiger partial charge in [0.25, 0.3) is 0 Å². The summed E-state index contributed by atoms with van der Waals surface area (Å²) in [5.74, 6) is -0.742. The lowest BCUT2D eigenvalue weighted by Gasteiger charge is -2.28. The van der Waals surface area contributed by atoms with E-state index in [4.69, 9.17) is 5.73 Å². The first-order chi connectivity index (χ1) is 13.0. The van der Waals surface area contributed by atoms with Crippen LogP contribution in [0.3, 0.4) is 0 Å². The van der Waals surface area contributed by atoms with E-state index in [0.29, 0.717) is 6.54 Å². The highest BCUT2D eigenvalue weighted by Crippen LogP contribution is 2.31. The van der Waals surface area contributed by atoms with Gasteiger partial charge >= 0.3 is 0 Å². The van der Waals surface area contributed by atoms with Crippen LogP contribution in [0.25, 0.3) is 5.57 Å². The third kappa shape index (κ3) is 4.26. The molecule has 0 unspecified atom stereocenters. The minimum atomic E-state index is -0.606. The van der Waals surface area contributed by atoms with Crippen molar-refractivity contribution in [3.05, 3.63) is 77.9 Å². The van der Waals surface area contributed by atoms with Crippen molar-refractivity contribution >= 4 is 17.4 Å². The maximum absolute atomic E-state index is 13.1. The van der Waals surface area contributed by atoms with Gasteiger partial charge in [-0.05, 0) is 23.6 Å². The Bertz CT molecular complexity index is 833. The lowest BCUT2D eigenvalue weighted by Crippen LogP contribution is -2.53. The SMILES string of the molecule is C[C@H](N[C@@H]1C(=O)N(C)CC(c2ccccc2)=C[C@H]1c1ccccc1)C(N)=O. The number of nitrogens with two attached hydrogens (primary N) is 1. The summed E-state index contributed by atoms with van der Waals surface area (Å²) in [7, 11) is 1.79. The number of benzene rings is 2. The molecule has 0 fully saturated rings. The predicted octanol–water partition coefficient (Wildman–Crippen LogP) is 2.16. The number of rotatable bonds is 5. The summed E-state index contributed by atoms with van der Waals surface area (Å²) in [6.45, 7) is 2.19. The molecule has 0 aromatic heterocycles. The van der Waals surface area contributed by atoms with Crippen LogP contribution in [0, 0.1) is 0 Å². The molecule has 140 valence electrons. The third-order valence-corrected chi connectivity index (χ3v) is 4.98. The molecule has 1 aliphatic rings. The Morgan fingerprint density at radius 1 is 1.11 bits per heavy atom. The summed E-state index contributed by atoms with van der Waals surface area (Å²) in [4.78, 5) is 26.4. The smallest absolute Gasteiger partial charge is 0.240 e. The number of hydrogen-bond donors (Lipinski definition) is 2. The van der Waals surface area contributed by atoms with Gasteiger partial charge in [-0.1, -0.05) is 66.7 Å². The van der Waals surface area contributed by atoms with E-state index in [9.17, 15) is 9.59 Å². The molecule has 0 saturated heterocycles. The molecule has 5 nitrogen and oxygen atoms in total. The molecule has 0 saturated carbocycles. The van der Waals surface area contributed by atoms with Crippen molar-refractivity contribution in [2.24, 2.45) is 5.73 Å². The summed E-state index contributed by atoms with van der Waals surface area (Å²) >= 11 is 0. The van der Waals surface area contributed by atoms with Crippen LogP contribution in [0.4, 0.5) is 0 Å². The Hall–Kier alpha value is -2.92. The molecule has 0 aliphatic carbocycles. The number of likely N-dealkylation sites (N-methyl/N-ethyl adjacent to an activating group) is 1. The second kappa shape index (κ2) is 8.18. The van der Waals surface area contributed by atoms with E-state index in [2.05, 4.69) is 11.4 Å². The zero-order valence-corrected chi connectivity index (χ0v) is 15.6. The molecule has 2 aromatic rings. The van der Waals surface area contributed by atoms with Gasteiger partial charge in [0.05, 0.1) is 12.1 Å². The van der Waals surface area contributed by atoms with Gasteiger partial charge in [0.15, 0.2) is 0 Å². The normalized spacial score (nSPS) is 21.3. The van der Waals surface area contributed by atoms with Crippen LogP contribution in [0.2, 0.25) is 0 Å². The van der Waals surface area contributed by atoms with Gasteiger partial charge in [-0.3, -0.25) is 14.9 Å². The number of amides is 2. The molecule has 2 aromatic carbocycles. The zero-order valence-electron chi connectivity index (χ0n) is 15.6. The van der Waals surface area contributed by atoms with Crippen molar-refractivity contribution in [1.29, 1.82) is 0 Å². The summed E-state index contributed by atoms with van der Waals surface area (Å²) in [5, 5.41) is 3.15. The standard InChI is InChI=1S/C22H25N3O2/c1-15(21(23)26)24-20-19(17-11-7-4-8-12-17)13-18(14-25(2)22(20)27)16-9-5-3-6-10-16/h3-13,15,19-20,24H,14H2,1-2H3,(H2,23,26)/t15-,19-,20-/m0/s1. The average molecular weight is 363 g/mol. The Kier molecular flexibility index (Phi) is 5.72. The van der Waals surface area contributed by atoms with Gasteiger partial charge in [0, 0.05) is 19.5 Å². The quantitative estimate of drug-likeness (QED) is 0.855. The molecule has 1 heterocycles. The molecule has 3 N–H and O–H groups in total. The number of primary amides is 1. The maximum Gasteiger partial charge on any atom is 0.240 e. The van der Waals surface area contributed by atoms with Crippen molar-refractivity contribution in [3.63, 3.8) is 0 Å². The number of nitrogens with one attached hydrogen (secondary N) is 1. The van der Waals surface area contributed by atoms with Crippen LogP contribution in [-0.2, 0) is 9.59 Å². The minimum absolute atomic E-state index is 0.0564. The molecule has 0 bridgehead atoms. The second-order valence-electron chi connectivity index (χ2n) is 6.96. The van der Waals surface area contributed by atoms with Crippen LogP contribution in [0.15, 0.2) is 66.7 Å². The van der Waals surface area contributed by atoms with E-state index < -0.39 is 18.0 Å². The molecule has 3 atom stereocenters. The third-order valence-electron chi connectivity index (χ3n) is 4.98. The summed E-state index contributed by atoms with van der Waals surface area (Å²) in [6.07, 6.45) is 2.14. The minimum Gasteiger partial charge on any atom is -0.368 e. The maximum atomic E-state index is 13.1. The van der Waals surface area contributed by atoms with Crippen LogP contribution in [0.5, 0.6) is 0 Å². The summed E-state index contributed by atoms with van der Waals surface area (Å²) in [6, 6.07) is 18.8. The van der Waals surface area contributed by atoms with Crippen LogP contribution >= 0.6 is 0 Å². The monoisotopic (exact) mass is 363 g/mol. The lowest BCUT2D eigenvalue weighted by molar-refractivity contribution is -0.132. The molecular weight excluding hydrogens is 338 g/mol. The molecule has 3 rings (SSSR count). The van der Waals surface area contributed by atoms with E-state index >= 15 is 0 Å². The van der Waals surface area contributed by atoms with E-state index in [0.717, 1.165) is 16.7 Å². The van der Waals surface area contributed by atoms with Crippen molar-refractivity contribution in [3.8, 4) is 0 Å². The molecule has 2 amide bonds. The fourth-order valence-corrected chi connectivity index (χ4v) is 3.42. The second-order valence-corrected chi connectivity index (χ2v) is 6.96. The van der Waals surface area contributed by atoms with E-state index in [1.807, 2.05) is 60.7 Å². The lowest BCUT2D eigenvalue weighted by atomic mass is 9.88. The molecular formula is C22H25N3O2. The fourth-order valence-electron chi connectivity index (χ4n) is 3.42. The van der Waals surface area contributed by atoms with E-state index in [1.54, 1.807) is 18.9 Å². The average Bonchev–Trinajstić information content (AvgIpc) is 2.81. The van der Waals surface area contributed by atoms with Gasteiger partial charge < -0.3 is 10.6 Å². The largest absolute Gasteiger partial charge is 0.368 e. The number of hydrogen-bond acceptors (Lipinski definition) is 3. The van der Waals surface area contributed by atoms with E-state index in [-0.39, 0.29) is 11.8 Å². The van der Waals surface area contributed by atoms with E-state index in [1.165, 1.54) is 0 Å². The van der Waals surface area contributed by atoms with Gasteiger partial charge in [0.2, 0.25) is 11.8 Å². The van der Waals surface area contributed by atoms with Crippen molar-refractivity contribution < 1.29 is 9.59 Å². The Morgan fingerprint density at radius 2 is 1.70 bits per heavy atom. The highest BCUT2D eigenvalue weighted by atomic mass is 16.2. The first-order valence-corrected chi connectivity index (χ1v) is 9.08. The van der Waals surface area contributed by atoms with Crippen molar-refractivity contribution in [2.45, 2.75) is 24.9 Å². The topological polar surface area (TPSA) is 75.4 Å². The highest BCUT2D eigenvalue weighted by molar-refractivity contribution is 5.88. The first-order valence-electron chi connectivity index (χ1n) is 9.08. The van der Waals surface area contributed by atoms with Crippen LogP contribution in [0.1, 0.15) is 24.0 Å². The van der Waals surface area contributed by atoms with Crippen molar-refractivity contribution in [2.75, 3.05) is 13.6 Å². The van der Waals surface area contributed by atoms with Crippen LogP contribution in [-0.4, -0.2) is 42.4 Å². The first kappa shape index (κ1) is 18.9. The van der Waals surface area contributed by atoms with Crippen molar-refractivity contribution in [1.82, 2.24) is 10.2 Å². The molecule has 0 radical (unpaired) electrons. The summed E-state index contributed by atoms with van der Waals surface area (Å²) < 4.78 is 0. The summed E-state index contributed by atoms with van der Waals surface area (Å²) in [5.41, 5.74) is 8.62. The molecule has 5 heteroatoms. The molecule has 27 heavy (non-hydrogen) atoms. The van der Waals surface area contributed by atoms with Gasteiger partial charge in [-0.15, -0.1) is 0 Å². The van der Waals surface area contributed by atoms with Gasteiger partial charge in [-0.2, -0.15) is 0 Å². The molecule has 1 aliphatic heterocycles. The highest BCUT2D eigenvalue weighted by Gasteiger charge is 2.35. The van der Waals surface area contributed by atoms with Gasteiger partial charge in [0.1, 0.15) is 0 Å². The van der Waals surface area contributed by atoms with Crippen LogP contribution < -0.4 is 11.1 Å².